The zero-order valence-corrected chi connectivity index (χ0v) is 12.8. The number of fused-ring (bicyclic) bond motifs is 1. The van der Waals surface area contributed by atoms with Crippen molar-refractivity contribution in [2.24, 2.45) is 5.92 Å². The van der Waals surface area contributed by atoms with Gasteiger partial charge in [0.15, 0.2) is 0 Å². The summed E-state index contributed by atoms with van der Waals surface area (Å²) in [5.74, 6) is -3.65. The first-order valence-electron chi connectivity index (χ1n) is 7.14. The molecule has 0 aliphatic carbocycles. The molecule has 0 spiro atoms. The number of halogens is 3. The van der Waals surface area contributed by atoms with Crippen LogP contribution in [-0.4, -0.2) is 42.6 Å². The number of benzene rings is 1. The van der Waals surface area contributed by atoms with Crippen LogP contribution in [-0.2, 0) is 11.3 Å². The smallest absolute Gasteiger partial charge is 0.410 e. The second kappa shape index (κ2) is 6.79. The van der Waals surface area contributed by atoms with Gasteiger partial charge in [-0.2, -0.15) is 0 Å². The average molecular weight is 333 g/mol. The van der Waals surface area contributed by atoms with E-state index >= 15 is 0 Å². The Morgan fingerprint density at radius 2 is 2.09 bits per heavy atom. The molecule has 2 saturated heterocycles. The normalized spacial score (nSPS) is 26.0. The first-order valence-corrected chi connectivity index (χ1v) is 7.14. The fraction of sp³-hybridized carbons (Fsp3) is 0.533. The molecule has 1 amide bonds. The van der Waals surface area contributed by atoms with Gasteiger partial charge in [0.05, 0.1) is 12.5 Å². The molecule has 2 heterocycles. The number of carbonyl (C=O) groups excluding carboxylic acids is 1. The minimum absolute atomic E-state index is 0. The van der Waals surface area contributed by atoms with Crippen molar-refractivity contribution in [3.63, 3.8) is 0 Å². The molecular formula is C15H19ClF2N2O2. The minimum Gasteiger partial charge on any atom is -0.445 e. The Bertz CT molecular complexity index is 516. The Labute approximate surface area is 134 Å². The van der Waals surface area contributed by atoms with Gasteiger partial charge in [0, 0.05) is 12.6 Å². The van der Waals surface area contributed by atoms with Crippen molar-refractivity contribution >= 4 is 18.5 Å². The number of nitrogens with zero attached hydrogens (tertiary/aromatic N) is 1. The second-order valence-corrected chi connectivity index (χ2v) is 5.60. The van der Waals surface area contributed by atoms with E-state index in [0.29, 0.717) is 13.0 Å². The Balaban J connectivity index is 0.00000176. The van der Waals surface area contributed by atoms with Crippen molar-refractivity contribution in [1.82, 2.24) is 10.2 Å². The lowest BCUT2D eigenvalue weighted by Gasteiger charge is -2.31. The number of rotatable bonds is 2. The number of hydrogen-bond acceptors (Lipinski definition) is 3. The van der Waals surface area contributed by atoms with Gasteiger partial charge in [-0.05, 0) is 18.5 Å². The van der Waals surface area contributed by atoms with Crippen molar-refractivity contribution in [1.29, 1.82) is 0 Å². The van der Waals surface area contributed by atoms with Gasteiger partial charge in [-0.3, -0.25) is 4.90 Å². The summed E-state index contributed by atoms with van der Waals surface area (Å²) in [4.78, 5) is 13.3. The molecule has 0 radical (unpaired) electrons. The summed E-state index contributed by atoms with van der Waals surface area (Å²) in [6.45, 7) is 0.467. The molecule has 122 valence electrons. The highest BCUT2D eigenvalue weighted by atomic mass is 35.5. The van der Waals surface area contributed by atoms with E-state index in [1.54, 1.807) is 0 Å². The molecule has 0 saturated carbocycles. The first-order chi connectivity index (χ1) is 10.1. The van der Waals surface area contributed by atoms with Gasteiger partial charge < -0.3 is 10.1 Å². The van der Waals surface area contributed by atoms with E-state index in [1.807, 2.05) is 30.3 Å². The van der Waals surface area contributed by atoms with Crippen LogP contribution in [0.25, 0.3) is 0 Å². The summed E-state index contributed by atoms with van der Waals surface area (Å²) >= 11 is 0. The number of hydrogen-bond donors (Lipinski definition) is 1. The third-order valence-electron chi connectivity index (χ3n) is 4.21. The van der Waals surface area contributed by atoms with Gasteiger partial charge in [0.2, 0.25) is 0 Å². The minimum atomic E-state index is -2.84. The molecule has 2 aliphatic rings. The van der Waals surface area contributed by atoms with E-state index in [2.05, 4.69) is 5.32 Å². The molecule has 3 rings (SSSR count). The molecule has 2 fully saturated rings. The number of amides is 1. The quantitative estimate of drug-likeness (QED) is 0.905. The van der Waals surface area contributed by atoms with E-state index in [1.165, 1.54) is 4.90 Å². The van der Waals surface area contributed by atoms with Gasteiger partial charge in [0.1, 0.15) is 6.61 Å². The average Bonchev–Trinajstić information content (AvgIpc) is 2.78. The summed E-state index contributed by atoms with van der Waals surface area (Å²) in [6.07, 6.45) is -0.103. The van der Waals surface area contributed by atoms with Crippen LogP contribution in [0.5, 0.6) is 0 Å². The first kappa shape index (κ1) is 17.0. The van der Waals surface area contributed by atoms with Crippen LogP contribution < -0.4 is 5.32 Å². The highest BCUT2D eigenvalue weighted by Gasteiger charge is 2.56. The Morgan fingerprint density at radius 3 is 2.82 bits per heavy atom. The van der Waals surface area contributed by atoms with Crippen LogP contribution in [0.1, 0.15) is 12.0 Å². The molecule has 1 aromatic rings. The topological polar surface area (TPSA) is 41.6 Å². The third kappa shape index (κ3) is 3.33. The van der Waals surface area contributed by atoms with Crippen LogP contribution >= 0.6 is 12.4 Å². The van der Waals surface area contributed by atoms with E-state index in [-0.39, 0.29) is 25.6 Å². The molecular weight excluding hydrogens is 314 g/mol. The van der Waals surface area contributed by atoms with Crippen molar-refractivity contribution in [2.75, 3.05) is 19.6 Å². The summed E-state index contributed by atoms with van der Waals surface area (Å²) < 4.78 is 33.1. The summed E-state index contributed by atoms with van der Waals surface area (Å²) in [5, 5.41) is 2.97. The van der Waals surface area contributed by atoms with Gasteiger partial charge in [-0.25, -0.2) is 13.6 Å². The molecule has 1 N–H and O–H groups in total. The number of alkyl halides is 2. The highest BCUT2D eigenvalue weighted by molar-refractivity contribution is 5.85. The molecule has 2 aliphatic heterocycles. The number of ether oxygens (including phenoxy) is 1. The number of piperidine rings is 1. The molecule has 22 heavy (non-hydrogen) atoms. The maximum absolute atomic E-state index is 14.0. The lowest BCUT2D eigenvalue weighted by atomic mass is 9.92. The molecule has 0 unspecified atom stereocenters. The summed E-state index contributed by atoms with van der Waals surface area (Å²) in [6, 6.07) is 8.79. The maximum atomic E-state index is 14.0. The largest absolute Gasteiger partial charge is 0.445 e. The Morgan fingerprint density at radius 1 is 1.36 bits per heavy atom. The molecule has 0 aromatic heterocycles. The van der Waals surface area contributed by atoms with E-state index in [0.717, 1.165) is 5.56 Å². The Hall–Kier alpha value is -1.40. The second-order valence-electron chi connectivity index (χ2n) is 5.60. The fourth-order valence-corrected chi connectivity index (χ4v) is 3.11. The van der Waals surface area contributed by atoms with E-state index < -0.39 is 30.5 Å². The molecule has 2 atom stereocenters. The van der Waals surface area contributed by atoms with Crippen molar-refractivity contribution in [3.05, 3.63) is 35.9 Å². The van der Waals surface area contributed by atoms with Crippen molar-refractivity contribution in [3.8, 4) is 0 Å². The lowest BCUT2D eigenvalue weighted by Crippen LogP contribution is -2.47. The fourth-order valence-electron chi connectivity index (χ4n) is 3.11. The van der Waals surface area contributed by atoms with Gasteiger partial charge in [0.25, 0.3) is 5.92 Å². The maximum Gasteiger partial charge on any atom is 0.410 e. The van der Waals surface area contributed by atoms with Gasteiger partial charge >= 0.3 is 6.09 Å². The number of likely N-dealkylation sites (tertiary alicyclic amines) is 1. The molecule has 7 heteroatoms. The molecule has 0 bridgehead atoms. The zero-order chi connectivity index (χ0) is 14.9. The van der Waals surface area contributed by atoms with Crippen LogP contribution in [0.3, 0.4) is 0 Å². The molecule has 1 aromatic carbocycles. The van der Waals surface area contributed by atoms with Crippen LogP contribution in [0.2, 0.25) is 0 Å². The van der Waals surface area contributed by atoms with Crippen molar-refractivity contribution < 1.29 is 18.3 Å². The monoisotopic (exact) mass is 332 g/mol. The van der Waals surface area contributed by atoms with Crippen LogP contribution in [0.15, 0.2) is 30.3 Å². The number of nitrogens with one attached hydrogen (secondary N) is 1. The van der Waals surface area contributed by atoms with Crippen LogP contribution in [0, 0.1) is 5.92 Å². The predicted molar refractivity (Wildman–Crippen MR) is 80.3 cm³/mol. The zero-order valence-electron chi connectivity index (χ0n) is 12.0. The SMILES string of the molecule is Cl.O=C(OCc1ccccc1)N1CC(F)(F)[C@@H]2CNCC[C@@H]21. The molecule has 4 nitrogen and oxygen atoms in total. The predicted octanol–water partition coefficient (Wildman–Crippen LogP) is 2.67. The van der Waals surface area contributed by atoms with Gasteiger partial charge in [-0.1, -0.05) is 30.3 Å². The Kier molecular flexibility index (Phi) is 5.24. The van der Waals surface area contributed by atoms with E-state index in [9.17, 15) is 13.6 Å². The van der Waals surface area contributed by atoms with Crippen molar-refractivity contribution in [2.45, 2.75) is 25.0 Å². The number of carbonyl (C=O) groups is 1. The van der Waals surface area contributed by atoms with Gasteiger partial charge in [-0.15, -0.1) is 12.4 Å². The lowest BCUT2D eigenvalue weighted by molar-refractivity contribution is -0.0328. The third-order valence-corrected chi connectivity index (χ3v) is 4.21. The van der Waals surface area contributed by atoms with E-state index in [4.69, 9.17) is 4.74 Å². The highest BCUT2D eigenvalue weighted by Crippen LogP contribution is 2.40. The van der Waals surface area contributed by atoms with Crippen LogP contribution in [0.4, 0.5) is 13.6 Å². The summed E-state index contributed by atoms with van der Waals surface area (Å²) in [7, 11) is 0. The summed E-state index contributed by atoms with van der Waals surface area (Å²) in [5.41, 5.74) is 0.846. The standard InChI is InChI=1S/C15H18F2N2O2.ClH/c16-15(17)10-19(13-6-7-18-8-12(13)15)14(20)21-9-11-4-2-1-3-5-11;/h1-5,12-13,18H,6-10H2;1H/t12-,13+;/m1./s1.